The van der Waals surface area contributed by atoms with Crippen molar-refractivity contribution in [3.63, 3.8) is 0 Å². The minimum absolute atomic E-state index is 0.0930. The third-order valence-electron chi connectivity index (χ3n) is 3.93. The second kappa shape index (κ2) is 8.86. The van der Waals surface area contributed by atoms with Crippen molar-refractivity contribution < 1.29 is 9.26 Å². The minimum atomic E-state index is -0.145. The molecule has 7 nitrogen and oxygen atoms in total. The highest BCUT2D eigenvalue weighted by Crippen LogP contribution is 2.33. The van der Waals surface area contributed by atoms with Crippen molar-refractivity contribution in [2.75, 3.05) is 13.2 Å². The fraction of sp³-hybridized carbons (Fsp3) is 0.444. The number of halogens is 1. The molecule has 0 spiro atoms. The van der Waals surface area contributed by atoms with Crippen LogP contribution < -0.4 is 5.56 Å². The third kappa shape index (κ3) is 4.69. The van der Waals surface area contributed by atoms with E-state index in [1.807, 2.05) is 13.8 Å². The van der Waals surface area contributed by atoms with Crippen molar-refractivity contribution in [2.45, 2.75) is 44.1 Å². The van der Waals surface area contributed by atoms with Crippen LogP contribution in [0.15, 0.2) is 32.7 Å². The van der Waals surface area contributed by atoms with Crippen LogP contribution in [0.1, 0.15) is 37.2 Å². The van der Waals surface area contributed by atoms with Gasteiger partial charge in [0.2, 0.25) is 5.89 Å². The molecule has 1 atom stereocenters. The first-order valence-electron chi connectivity index (χ1n) is 8.74. The van der Waals surface area contributed by atoms with Gasteiger partial charge in [0.05, 0.1) is 16.2 Å². The Kier molecular flexibility index (Phi) is 6.51. The highest BCUT2D eigenvalue weighted by molar-refractivity contribution is 7.99. The summed E-state index contributed by atoms with van der Waals surface area (Å²) in [6.07, 6.45) is 0.718. The Morgan fingerprint density at radius 1 is 1.37 bits per heavy atom. The molecule has 27 heavy (non-hydrogen) atoms. The number of thioether (sulfide) groups is 1. The Morgan fingerprint density at radius 3 is 2.89 bits per heavy atom. The zero-order valence-corrected chi connectivity index (χ0v) is 17.0. The first-order valence-corrected chi connectivity index (χ1v) is 10.00. The van der Waals surface area contributed by atoms with E-state index in [4.69, 9.17) is 20.9 Å². The van der Waals surface area contributed by atoms with Gasteiger partial charge in [0.1, 0.15) is 0 Å². The molecule has 1 aromatic carbocycles. The van der Waals surface area contributed by atoms with Crippen molar-refractivity contribution in [3.8, 4) is 0 Å². The van der Waals surface area contributed by atoms with Crippen LogP contribution in [0, 0.1) is 6.92 Å². The second-order valence-electron chi connectivity index (χ2n) is 6.00. The van der Waals surface area contributed by atoms with Crippen LogP contribution >= 0.6 is 23.4 Å². The molecule has 9 heteroatoms. The van der Waals surface area contributed by atoms with Crippen LogP contribution in [0.4, 0.5) is 0 Å². The van der Waals surface area contributed by atoms with Crippen LogP contribution in [0.25, 0.3) is 10.9 Å². The van der Waals surface area contributed by atoms with E-state index in [0.717, 1.165) is 6.42 Å². The van der Waals surface area contributed by atoms with Crippen LogP contribution in [-0.4, -0.2) is 32.9 Å². The molecule has 0 aliphatic heterocycles. The molecule has 0 aliphatic carbocycles. The van der Waals surface area contributed by atoms with E-state index >= 15 is 0 Å². The van der Waals surface area contributed by atoms with E-state index in [1.165, 1.54) is 11.8 Å². The molecule has 144 valence electrons. The number of rotatable bonds is 8. The molecule has 0 fully saturated rings. The Morgan fingerprint density at radius 2 is 2.19 bits per heavy atom. The molecule has 0 radical (unpaired) electrons. The van der Waals surface area contributed by atoms with Gasteiger partial charge >= 0.3 is 0 Å². The van der Waals surface area contributed by atoms with Gasteiger partial charge in [-0.2, -0.15) is 4.98 Å². The molecular formula is C18H21ClN4O3S. The van der Waals surface area contributed by atoms with Crippen LogP contribution in [0.3, 0.4) is 0 Å². The van der Waals surface area contributed by atoms with E-state index in [0.29, 0.717) is 52.6 Å². The maximum Gasteiger partial charge on any atom is 0.262 e. The molecule has 3 aromatic rings. The SMILES string of the molecule is CCOCCCn1c(SC(C)c2nc(C)no2)nc2cc(Cl)ccc2c1=O. The Labute approximate surface area is 166 Å². The molecule has 0 amide bonds. The molecule has 0 N–H and O–H groups in total. The molecule has 0 bridgehead atoms. The highest BCUT2D eigenvalue weighted by Gasteiger charge is 2.19. The molecule has 1 unspecified atom stereocenters. The molecular weight excluding hydrogens is 388 g/mol. The lowest BCUT2D eigenvalue weighted by Gasteiger charge is -2.15. The predicted octanol–water partition coefficient (Wildman–Crippen LogP) is 4.02. The van der Waals surface area contributed by atoms with Gasteiger partial charge in [-0.15, -0.1) is 0 Å². The molecule has 2 heterocycles. The zero-order valence-electron chi connectivity index (χ0n) is 15.4. The van der Waals surface area contributed by atoms with Gasteiger partial charge in [-0.1, -0.05) is 28.5 Å². The summed E-state index contributed by atoms with van der Waals surface area (Å²) in [5, 5.41) is 5.36. The smallest absolute Gasteiger partial charge is 0.262 e. The van der Waals surface area contributed by atoms with E-state index in [2.05, 4.69) is 15.1 Å². The maximum absolute atomic E-state index is 13.0. The van der Waals surface area contributed by atoms with E-state index in [-0.39, 0.29) is 10.8 Å². The van der Waals surface area contributed by atoms with Gasteiger partial charge in [-0.25, -0.2) is 4.98 Å². The summed E-state index contributed by atoms with van der Waals surface area (Å²) < 4.78 is 12.3. The summed E-state index contributed by atoms with van der Waals surface area (Å²) in [7, 11) is 0. The number of hydrogen-bond acceptors (Lipinski definition) is 7. The van der Waals surface area contributed by atoms with Gasteiger partial charge in [0.15, 0.2) is 11.0 Å². The summed E-state index contributed by atoms with van der Waals surface area (Å²) >= 11 is 7.49. The number of hydrogen-bond donors (Lipinski definition) is 0. The number of aryl methyl sites for hydroxylation is 1. The highest BCUT2D eigenvalue weighted by atomic mass is 35.5. The zero-order chi connectivity index (χ0) is 19.4. The Hall–Kier alpha value is -1.90. The van der Waals surface area contributed by atoms with Crippen molar-refractivity contribution in [2.24, 2.45) is 0 Å². The first kappa shape index (κ1) is 19.9. The average molecular weight is 409 g/mol. The lowest BCUT2D eigenvalue weighted by molar-refractivity contribution is 0.140. The van der Waals surface area contributed by atoms with Gasteiger partial charge in [0.25, 0.3) is 5.56 Å². The number of benzene rings is 1. The Balaban J connectivity index is 1.97. The topological polar surface area (TPSA) is 83.0 Å². The first-order chi connectivity index (χ1) is 13.0. The van der Waals surface area contributed by atoms with E-state index in [9.17, 15) is 4.79 Å². The Bertz CT molecular complexity index is 988. The molecule has 2 aromatic heterocycles. The van der Waals surface area contributed by atoms with E-state index < -0.39 is 0 Å². The fourth-order valence-electron chi connectivity index (χ4n) is 2.62. The van der Waals surface area contributed by atoms with Crippen molar-refractivity contribution in [1.29, 1.82) is 0 Å². The van der Waals surface area contributed by atoms with Gasteiger partial charge in [-0.05, 0) is 45.4 Å². The van der Waals surface area contributed by atoms with Gasteiger partial charge < -0.3 is 9.26 Å². The second-order valence-corrected chi connectivity index (χ2v) is 7.75. The van der Waals surface area contributed by atoms with Gasteiger partial charge in [-0.3, -0.25) is 9.36 Å². The third-order valence-corrected chi connectivity index (χ3v) is 5.24. The quantitative estimate of drug-likeness (QED) is 0.316. The summed E-state index contributed by atoms with van der Waals surface area (Å²) in [4.78, 5) is 22.0. The van der Waals surface area contributed by atoms with Crippen molar-refractivity contribution in [3.05, 3.63) is 45.3 Å². The summed E-state index contributed by atoms with van der Waals surface area (Å²) in [6, 6.07) is 5.12. The van der Waals surface area contributed by atoms with Crippen LogP contribution in [0.5, 0.6) is 0 Å². The lowest BCUT2D eigenvalue weighted by Crippen LogP contribution is -2.24. The van der Waals surface area contributed by atoms with Crippen molar-refractivity contribution >= 4 is 34.3 Å². The van der Waals surface area contributed by atoms with Crippen molar-refractivity contribution in [1.82, 2.24) is 19.7 Å². The number of fused-ring (bicyclic) bond motifs is 1. The summed E-state index contributed by atoms with van der Waals surface area (Å²) in [5.74, 6) is 1.07. The number of nitrogens with zero attached hydrogens (tertiary/aromatic N) is 4. The molecule has 0 saturated carbocycles. The standard InChI is InChI=1S/C18H21ClN4O3S/c1-4-25-9-5-8-23-17(24)14-7-6-13(19)10-15(14)21-18(23)27-11(2)16-20-12(3)22-26-16/h6-7,10-11H,4-5,8-9H2,1-3H3. The van der Waals surface area contributed by atoms with Crippen LogP contribution in [-0.2, 0) is 11.3 Å². The van der Waals surface area contributed by atoms with Gasteiger partial charge in [0, 0.05) is 24.8 Å². The van der Waals surface area contributed by atoms with Crippen LogP contribution in [0.2, 0.25) is 5.02 Å². The number of ether oxygens (including phenoxy) is 1. The molecule has 3 rings (SSSR count). The lowest BCUT2D eigenvalue weighted by atomic mass is 10.2. The summed E-state index contributed by atoms with van der Waals surface area (Å²) in [5.41, 5.74) is 0.481. The maximum atomic E-state index is 13.0. The van der Waals surface area contributed by atoms with E-state index in [1.54, 1.807) is 29.7 Å². The summed E-state index contributed by atoms with van der Waals surface area (Å²) in [6.45, 7) is 7.41. The normalized spacial score (nSPS) is 12.6. The predicted molar refractivity (Wildman–Crippen MR) is 105 cm³/mol. The molecule has 0 saturated heterocycles. The average Bonchev–Trinajstić information content (AvgIpc) is 3.07. The number of aromatic nitrogens is 4. The monoisotopic (exact) mass is 408 g/mol. The largest absolute Gasteiger partial charge is 0.382 e. The minimum Gasteiger partial charge on any atom is -0.382 e. The molecule has 0 aliphatic rings. The fourth-order valence-corrected chi connectivity index (χ4v) is 3.75.